The van der Waals surface area contributed by atoms with Crippen molar-refractivity contribution in [3.8, 4) is 5.69 Å². The molecule has 1 fully saturated rings. The number of amides is 1. The van der Waals surface area contributed by atoms with Crippen molar-refractivity contribution in [2.75, 3.05) is 26.2 Å². The predicted molar refractivity (Wildman–Crippen MR) is 112 cm³/mol. The maximum absolute atomic E-state index is 13.2. The Hall–Kier alpha value is -2.51. The van der Waals surface area contributed by atoms with Gasteiger partial charge < -0.3 is 14.9 Å². The highest BCUT2D eigenvalue weighted by molar-refractivity contribution is 5.85. The van der Waals surface area contributed by atoms with Crippen LogP contribution < -0.4 is 5.56 Å². The number of fused-ring (bicyclic) bond motifs is 1. The average Bonchev–Trinajstić information content (AvgIpc) is 2.75. The van der Waals surface area contributed by atoms with Crippen molar-refractivity contribution in [1.29, 1.82) is 0 Å². The first kappa shape index (κ1) is 20.8. The van der Waals surface area contributed by atoms with Gasteiger partial charge in [0.2, 0.25) is 0 Å². The summed E-state index contributed by atoms with van der Waals surface area (Å²) in [5.74, 6) is -0.580. The van der Waals surface area contributed by atoms with Gasteiger partial charge in [-0.05, 0) is 67.6 Å². The zero-order valence-corrected chi connectivity index (χ0v) is 17.3. The van der Waals surface area contributed by atoms with Gasteiger partial charge in [0, 0.05) is 44.1 Å². The topological polar surface area (TPSA) is 65.8 Å². The molecule has 1 N–H and O–H groups in total. The predicted octanol–water partition coefficient (Wildman–Crippen LogP) is 2.10. The molecule has 4 rings (SSSR count). The molecule has 1 amide bonds. The van der Waals surface area contributed by atoms with Gasteiger partial charge in [-0.15, -0.1) is 0 Å². The van der Waals surface area contributed by atoms with E-state index in [4.69, 9.17) is 0 Å². The SMILES string of the molecule is CCCN1CCC(O)(C(=O)N2CCc3cc(=O)n(-c4ccc(F)cc4)cc3C2)CC1. The average molecular weight is 413 g/mol. The van der Waals surface area contributed by atoms with E-state index in [0.717, 1.165) is 37.2 Å². The minimum atomic E-state index is -1.31. The zero-order chi connectivity index (χ0) is 21.3. The van der Waals surface area contributed by atoms with Gasteiger partial charge in [-0.1, -0.05) is 6.92 Å². The zero-order valence-electron chi connectivity index (χ0n) is 17.3. The van der Waals surface area contributed by atoms with E-state index in [-0.39, 0.29) is 17.3 Å². The first-order chi connectivity index (χ1) is 14.4. The second-order valence-corrected chi connectivity index (χ2v) is 8.36. The highest BCUT2D eigenvalue weighted by Crippen LogP contribution is 2.28. The largest absolute Gasteiger partial charge is 0.380 e. The van der Waals surface area contributed by atoms with Crippen LogP contribution >= 0.6 is 0 Å². The van der Waals surface area contributed by atoms with Crippen molar-refractivity contribution >= 4 is 5.91 Å². The van der Waals surface area contributed by atoms with Crippen molar-refractivity contribution in [3.05, 3.63) is 63.8 Å². The third-order valence-electron chi connectivity index (χ3n) is 6.26. The van der Waals surface area contributed by atoms with Crippen LogP contribution in [0.5, 0.6) is 0 Å². The van der Waals surface area contributed by atoms with Gasteiger partial charge in [-0.2, -0.15) is 0 Å². The molecule has 0 radical (unpaired) electrons. The first-order valence-corrected chi connectivity index (χ1v) is 10.6. The molecule has 2 aliphatic heterocycles. The summed E-state index contributed by atoms with van der Waals surface area (Å²) in [7, 11) is 0. The van der Waals surface area contributed by atoms with Crippen molar-refractivity contribution < 1.29 is 14.3 Å². The highest BCUT2D eigenvalue weighted by Gasteiger charge is 2.42. The van der Waals surface area contributed by atoms with Crippen LogP contribution in [0.2, 0.25) is 0 Å². The number of aromatic nitrogens is 1. The Labute approximate surface area is 175 Å². The van der Waals surface area contributed by atoms with Gasteiger partial charge in [-0.25, -0.2) is 4.39 Å². The smallest absolute Gasteiger partial charge is 0.255 e. The quantitative estimate of drug-likeness (QED) is 0.834. The fraction of sp³-hybridized carbons (Fsp3) is 0.478. The number of benzene rings is 1. The molecule has 160 valence electrons. The van der Waals surface area contributed by atoms with Crippen LogP contribution in [0.25, 0.3) is 5.69 Å². The van der Waals surface area contributed by atoms with E-state index in [1.54, 1.807) is 29.3 Å². The van der Waals surface area contributed by atoms with E-state index < -0.39 is 5.60 Å². The molecule has 0 spiro atoms. The Balaban J connectivity index is 1.53. The van der Waals surface area contributed by atoms with Crippen LogP contribution in [0, 0.1) is 5.82 Å². The second-order valence-electron chi connectivity index (χ2n) is 8.36. The minimum Gasteiger partial charge on any atom is -0.380 e. The van der Waals surface area contributed by atoms with E-state index in [2.05, 4.69) is 11.8 Å². The Morgan fingerprint density at radius 2 is 1.83 bits per heavy atom. The van der Waals surface area contributed by atoms with Crippen LogP contribution in [0.1, 0.15) is 37.3 Å². The Kier molecular flexibility index (Phi) is 5.75. The highest BCUT2D eigenvalue weighted by atomic mass is 19.1. The van der Waals surface area contributed by atoms with Gasteiger partial charge >= 0.3 is 0 Å². The molecule has 0 aliphatic carbocycles. The molecule has 1 saturated heterocycles. The first-order valence-electron chi connectivity index (χ1n) is 10.6. The van der Waals surface area contributed by atoms with Crippen LogP contribution in [-0.4, -0.2) is 57.2 Å². The summed E-state index contributed by atoms with van der Waals surface area (Å²) in [5, 5.41) is 11.0. The molecule has 0 saturated carbocycles. The lowest BCUT2D eigenvalue weighted by atomic mass is 9.88. The summed E-state index contributed by atoms with van der Waals surface area (Å²) in [6.07, 6.45) is 4.27. The van der Waals surface area contributed by atoms with Crippen LogP contribution in [0.3, 0.4) is 0 Å². The number of carbonyl (C=O) groups is 1. The van der Waals surface area contributed by atoms with Crippen molar-refractivity contribution in [2.24, 2.45) is 0 Å². The number of hydrogen-bond donors (Lipinski definition) is 1. The van der Waals surface area contributed by atoms with Crippen LogP contribution in [0.4, 0.5) is 4.39 Å². The summed E-state index contributed by atoms with van der Waals surface area (Å²) < 4.78 is 14.7. The van der Waals surface area contributed by atoms with Crippen LogP contribution in [-0.2, 0) is 17.8 Å². The number of carbonyl (C=O) groups excluding carboxylic acids is 1. The standard InChI is InChI=1S/C23H28FN3O3/c1-2-10-25-12-8-23(30,9-13-25)22(29)26-11-7-17-14-21(28)27(16-18(17)15-26)20-5-3-19(24)4-6-20/h3-6,14,16,30H,2,7-13,15H2,1H3. The molecule has 1 aromatic heterocycles. The van der Waals surface area contributed by atoms with E-state index in [0.29, 0.717) is 38.0 Å². The summed E-state index contributed by atoms with van der Waals surface area (Å²) >= 11 is 0. The molecular formula is C23H28FN3O3. The number of hydrogen-bond acceptors (Lipinski definition) is 4. The Morgan fingerprint density at radius 1 is 1.13 bits per heavy atom. The second kappa shape index (κ2) is 8.32. The maximum Gasteiger partial charge on any atom is 0.255 e. The number of halogens is 1. The molecule has 3 heterocycles. The maximum atomic E-state index is 13.2. The van der Waals surface area contributed by atoms with Crippen molar-refractivity contribution in [2.45, 2.75) is 44.8 Å². The summed E-state index contributed by atoms with van der Waals surface area (Å²) in [5.41, 5.74) is 0.891. The van der Waals surface area contributed by atoms with Gasteiger partial charge in [0.25, 0.3) is 11.5 Å². The Bertz CT molecular complexity index is 978. The molecule has 1 aromatic carbocycles. The molecule has 6 nitrogen and oxygen atoms in total. The van der Waals surface area contributed by atoms with Gasteiger partial charge in [-0.3, -0.25) is 14.2 Å². The molecular weight excluding hydrogens is 385 g/mol. The third kappa shape index (κ3) is 4.04. The van der Waals surface area contributed by atoms with E-state index >= 15 is 0 Å². The number of piperidine rings is 1. The third-order valence-corrected chi connectivity index (χ3v) is 6.26. The molecule has 2 aromatic rings. The summed E-state index contributed by atoms with van der Waals surface area (Å²) in [6.45, 7) is 5.42. The van der Waals surface area contributed by atoms with Gasteiger partial charge in [0.1, 0.15) is 11.4 Å². The normalized spacial score (nSPS) is 18.8. The number of rotatable bonds is 4. The number of aliphatic hydroxyl groups is 1. The lowest BCUT2D eigenvalue weighted by molar-refractivity contribution is -0.157. The summed E-state index contributed by atoms with van der Waals surface area (Å²) in [4.78, 5) is 29.7. The lowest BCUT2D eigenvalue weighted by Gasteiger charge is -2.41. The molecule has 2 aliphatic rings. The van der Waals surface area contributed by atoms with E-state index in [1.807, 2.05) is 0 Å². The molecule has 0 atom stereocenters. The van der Waals surface area contributed by atoms with Gasteiger partial charge in [0.05, 0.1) is 0 Å². The fourth-order valence-corrected chi connectivity index (χ4v) is 4.48. The Morgan fingerprint density at radius 3 is 2.50 bits per heavy atom. The molecule has 0 unspecified atom stereocenters. The monoisotopic (exact) mass is 413 g/mol. The molecule has 7 heteroatoms. The van der Waals surface area contributed by atoms with E-state index in [9.17, 15) is 19.1 Å². The van der Waals surface area contributed by atoms with E-state index in [1.165, 1.54) is 16.7 Å². The number of pyridine rings is 1. The van der Waals surface area contributed by atoms with Crippen LogP contribution in [0.15, 0.2) is 41.3 Å². The number of likely N-dealkylation sites (tertiary alicyclic amines) is 1. The molecule has 0 bridgehead atoms. The summed E-state index contributed by atoms with van der Waals surface area (Å²) in [6, 6.07) is 7.34. The fourth-order valence-electron chi connectivity index (χ4n) is 4.48. The minimum absolute atomic E-state index is 0.179. The lowest BCUT2D eigenvalue weighted by Crippen LogP contribution is -2.55. The van der Waals surface area contributed by atoms with Gasteiger partial charge in [0.15, 0.2) is 0 Å². The van der Waals surface area contributed by atoms with Crippen molar-refractivity contribution in [1.82, 2.24) is 14.4 Å². The van der Waals surface area contributed by atoms with Crippen molar-refractivity contribution in [3.63, 3.8) is 0 Å². The number of nitrogens with zero attached hydrogens (tertiary/aromatic N) is 3. The molecule has 30 heavy (non-hydrogen) atoms.